The van der Waals surface area contributed by atoms with Crippen LogP contribution in [0.3, 0.4) is 0 Å². The minimum absolute atomic E-state index is 0.00178. The number of rotatable bonds is 4. The molecule has 2 aliphatic rings. The van der Waals surface area contributed by atoms with Crippen molar-refractivity contribution in [1.82, 2.24) is 5.32 Å². The van der Waals surface area contributed by atoms with Gasteiger partial charge in [-0.15, -0.1) is 11.3 Å². The lowest BCUT2D eigenvalue weighted by molar-refractivity contribution is 0.0871. The first kappa shape index (κ1) is 18.5. The molecule has 0 radical (unpaired) electrons. The predicted octanol–water partition coefficient (Wildman–Crippen LogP) is 3.29. The number of thiophene rings is 1. The second-order valence-corrected chi connectivity index (χ2v) is 8.30. The van der Waals surface area contributed by atoms with Crippen LogP contribution in [0.25, 0.3) is 11.1 Å². The zero-order chi connectivity index (χ0) is 18.6. The van der Waals surface area contributed by atoms with Crippen LogP contribution in [0, 0.1) is 0 Å². The maximum absolute atomic E-state index is 12.9. The fraction of sp³-hybridized carbons (Fsp3) is 0.476. The lowest BCUT2D eigenvalue weighted by Gasteiger charge is -2.28. The van der Waals surface area contributed by atoms with E-state index in [1.54, 1.807) is 11.3 Å². The van der Waals surface area contributed by atoms with Crippen LogP contribution in [0.2, 0.25) is 0 Å². The number of carbonyl (C=O) groups is 1. The Kier molecular flexibility index (Phi) is 5.76. The summed E-state index contributed by atoms with van der Waals surface area (Å²) in [5.41, 5.74) is 2.25. The van der Waals surface area contributed by atoms with Gasteiger partial charge in [-0.1, -0.05) is 30.3 Å². The first-order valence-corrected chi connectivity index (χ1v) is 10.5. The largest absolute Gasteiger partial charge is 0.393 e. The monoisotopic (exact) mass is 386 g/mol. The van der Waals surface area contributed by atoms with Crippen LogP contribution in [0.4, 0.5) is 5.00 Å². The molecule has 0 atom stereocenters. The molecule has 2 aromatic rings. The number of aliphatic hydroxyl groups is 1. The molecule has 6 heteroatoms. The normalized spacial score (nSPS) is 23.2. The summed E-state index contributed by atoms with van der Waals surface area (Å²) in [6.07, 6.45) is 3.02. The molecule has 4 rings (SSSR count). The van der Waals surface area contributed by atoms with E-state index in [0.717, 1.165) is 73.0 Å². The van der Waals surface area contributed by atoms with Crippen molar-refractivity contribution in [3.05, 3.63) is 41.3 Å². The van der Waals surface area contributed by atoms with Gasteiger partial charge in [0.2, 0.25) is 0 Å². The number of nitrogens with one attached hydrogen (secondary N) is 1. The van der Waals surface area contributed by atoms with Gasteiger partial charge >= 0.3 is 0 Å². The number of hydrogen-bond donors (Lipinski definition) is 2. The van der Waals surface area contributed by atoms with Crippen molar-refractivity contribution in [2.75, 3.05) is 31.2 Å². The number of ether oxygens (including phenoxy) is 1. The van der Waals surface area contributed by atoms with Crippen molar-refractivity contribution in [3.8, 4) is 11.1 Å². The van der Waals surface area contributed by atoms with E-state index in [1.165, 1.54) is 0 Å². The summed E-state index contributed by atoms with van der Waals surface area (Å²) in [4.78, 5) is 15.9. The van der Waals surface area contributed by atoms with Crippen molar-refractivity contribution in [2.45, 2.75) is 37.8 Å². The molecule has 1 aromatic carbocycles. The van der Waals surface area contributed by atoms with Crippen LogP contribution in [0.1, 0.15) is 35.4 Å². The van der Waals surface area contributed by atoms with E-state index in [-0.39, 0.29) is 18.1 Å². The molecule has 2 N–H and O–H groups in total. The molecule has 1 saturated heterocycles. The number of benzene rings is 1. The average Bonchev–Trinajstić information content (AvgIpc) is 3.17. The SMILES string of the molecule is O=C(NC1CCC(O)CC1)c1cc(-c2ccccc2)c(N2CCOCC2)s1. The Morgan fingerprint density at radius 1 is 1.11 bits per heavy atom. The number of aliphatic hydroxyl groups excluding tert-OH is 1. The molecular weight excluding hydrogens is 360 g/mol. The first-order valence-electron chi connectivity index (χ1n) is 9.71. The van der Waals surface area contributed by atoms with Gasteiger partial charge in [0.1, 0.15) is 0 Å². The molecule has 144 valence electrons. The minimum Gasteiger partial charge on any atom is -0.393 e. The number of morpholine rings is 1. The van der Waals surface area contributed by atoms with Gasteiger partial charge in [0.25, 0.3) is 5.91 Å². The molecule has 1 amide bonds. The predicted molar refractivity (Wildman–Crippen MR) is 109 cm³/mol. The zero-order valence-corrected chi connectivity index (χ0v) is 16.2. The molecule has 0 spiro atoms. The molecule has 1 aliphatic heterocycles. The Morgan fingerprint density at radius 3 is 2.52 bits per heavy atom. The average molecular weight is 387 g/mol. The van der Waals surface area contributed by atoms with Crippen molar-refractivity contribution in [2.24, 2.45) is 0 Å². The van der Waals surface area contributed by atoms with Crippen LogP contribution >= 0.6 is 11.3 Å². The van der Waals surface area contributed by atoms with E-state index >= 15 is 0 Å². The fourth-order valence-corrected chi connectivity index (χ4v) is 4.93. The Morgan fingerprint density at radius 2 is 1.81 bits per heavy atom. The molecule has 5 nitrogen and oxygen atoms in total. The van der Waals surface area contributed by atoms with Gasteiger partial charge in [0, 0.05) is 24.7 Å². The number of amides is 1. The molecular formula is C21H26N2O3S. The summed E-state index contributed by atoms with van der Waals surface area (Å²) in [6, 6.07) is 12.4. The van der Waals surface area contributed by atoms with E-state index < -0.39 is 0 Å². The van der Waals surface area contributed by atoms with E-state index in [0.29, 0.717) is 0 Å². The topological polar surface area (TPSA) is 61.8 Å². The summed E-state index contributed by atoms with van der Waals surface area (Å²) in [5, 5.41) is 14.0. The maximum Gasteiger partial charge on any atom is 0.261 e. The van der Waals surface area contributed by atoms with Crippen LogP contribution in [0.5, 0.6) is 0 Å². The quantitative estimate of drug-likeness (QED) is 0.847. The molecule has 1 saturated carbocycles. The number of nitrogens with zero attached hydrogens (tertiary/aromatic N) is 1. The van der Waals surface area contributed by atoms with Crippen molar-refractivity contribution in [1.29, 1.82) is 0 Å². The highest BCUT2D eigenvalue weighted by atomic mass is 32.1. The Balaban J connectivity index is 1.57. The number of anilines is 1. The van der Waals surface area contributed by atoms with Gasteiger partial charge in [0.15, 0.2) is 0 Å². The van der Waals surface area contributed by atoms with E-state index in [2.05, 4.69) is 22.3 Å². The molecule has 27 heavy (non-hydrogen) atoms. The Labute approximate surface area is 164 Å². The second kappa shape index (κ2) is 8.42. The molecule has 1 aliphatic carbocycles. The third-order valence-electron chi connectivity index (χ3n) is 5.35. The number of hydrogen-bond acceptors (Lipinski definition) is 5. The first-order chi connectivity index (χ1) is 13.2. The van der Waals surface area contributed by atoms with Crippen molar-refractivity contribution >= 4 is 22.2 Å². The molecule has 0 unspecified atom stereocenters. The van der Waals surface area contributed by atoms with Gasteiger partial charge in [-0.25, -0.2) is 0 Å². The van der Waals surface area contributed by atoms with Gasteiger partial charge in [-0.05, 0) is 37.3 Å². The lowest BCUT2D eigenvalue weighted by atomic mass is 9.93. The van der Waals surface area contributed by atoms with Crippen LogP contribution in [0.15, 0.2) is 36.4 Å². The maximum atomic E-state index is 12.9. The van der Waals surface area contributed by atoms with Crippen molar-refractivity contribution in [3.63, 3.8) is 0 Å². The third-order valence-corrected chi connectivity index (χ3v) is 6.55. The van der Waals surface area contributed by atoms with Crippen LogP contribution in [-0.2, 0) is 4.74 Å². The van der Waals surface area contributed by atoms with Crippen LogP contribution in [-0.4, -0.2) is 49.5 Å². The lowest BCUT2D eigenvalue weighted by Crippen LogP contribution is -2.38. The van der Waals surface area contributed by atoms with Crippen LogP contribution < -0.4 is 10.2 Å². The molecule has 2 fully saturated rings. The minimum atomic E-state index is -0.211. The summed E-state index contributed by atoms with van der Waals surface area (Å²) in [7, 11) is 0. The smallest absolute Gasteiger partial charge is 0.261 e. The highest BCUT2D eigenvalue weighted by molar-refractivity contribution is 7.18. The highest BCUT2D eigenvalue weighted by Gasteiger charge is 2.25. The highest BCUT2D eigenvalue weighted by Crippen LogP contribution is 2.39. The van der Waals surface area contributed by atoms with E-state index in [9.17, 15) is 9.90 Å². The fourth-order valence-electron chi connectivity index (χ4n) is 3.80. The summed E-state index contributed by atoms with van der Waals surface area (Å²) in [6.45, 7) is 3.14. The zero-order valence-electron chi connectivity index (χ0n) is 15.4. The third kappa shape index (κ3) is 4.34. The second-order valence-electron chi connectivity index (χ2n) is 7.27. The number of carbonyl (C=O) groups excluding carboxylic acids is 1. The molecule has 1 aromatic heterocycles. The van der Waals surface area contributed by atoms with E-state index in [4.69, 9.17) is 4.74 Å². The van der Waals surface area contributed by atoms with Crippen molar-refractivity contribution < 1.29 is 14.6 Å². The Bertz CT molecular complexity index is 763. The molecule has 2 heterocycles. The summed E-state index contributed by atoms with van der Waals surface area (Å²) < 4.78 is 5.49. The Hall–Kier alpha value is -1.89. The van der Waals surface area contributed by atoms with Gasteiger partial charge < -0.3 is 20.1 Å². The van der Waals surface area contributed by atoms with Gasteiger partial charge in [-0.2, -0.15) is 0 Å². The van der Waals surface area contributed by atoms with Gasteiger partial charge in [-0.3, -0.25) is 4.79 Å². The van der Waals surface area contributed by atoms with Gasteiger partial charge in [0.05, 0.1) is 29.2 Å². The van der Waals surface area contributed by atoms with E-state index in [1.807, 2.05) is 24.3 Å². The summed E-state index contributed by atoms with van der Waals surface area (Å²) >= 11 is 1.57. The standard InChI is InChI=1S/C21H26N2O3S/c24-17-8-6-16(7-9-17)22-20(25)19-14-18(15-4-2-1-3-5-15)21(27-19)23-10-12-26-13-11-23/h1-5,14,16-17,24H,6-13H2,(H,22,25). The molecule has 0 bridgehead atoms. The summed E-state index contributed by atoms with van der Waals surface area (Å²) in [5.74, 6) is -0.00178.